The lowest BCUT2D eigenvalue weighted by atomic mass is 9.87. The highest BCUT2D eigenvalue weighted by Gasteiger charge is 2.34. The Morgan fingerprint density at radius 1 is 1.25 bits per heavy atom. The van der Waals surface area contributed by atoms with Crippen LogP contribution in [-0.4, -0.2) is 32.8 Å². The molecule has 1 aliphatic carbocycles. The van der Waals surface area contributed by atoms with Gasteiger partial charge >= 0.3 is 12.1 Å². The normalized spacial score (nSPS) is 22.5. The van der Waals surface area contributed by atoms with Crippen LogP contribution in [0.15, 0.2) is 12.3 Å². The largest absolute Gasteiger partial charge is 0.481 e. The zero-order valence-corrected chi connectivity index (χ0v) is 13.1. The lowest BCUT2D eigenvalue weighted by Gasteiger charge is -2.27. The van der Waals surface area contributed by atoms with Gasteiger partial charge in [0.05, 0.1) is 5.92 Å². The first kappa shape index (κ1) is 18.3. The number of carbonyl (C=O) groups is 2. The summed E-state index contributed by atoms with van der Waals surface area (Å²) in [5, 5.41) is 15.3. The molecule has 1 saturated carbocycles. The van der Waals surface area contributed by atoms with Crippen molar-refractivity contribution in [3.63, 3.8) is 0 Å². The van der Waals surface area contributed by atoms with Crippen molar-refractivity contribution in [1.29, 1.82) is 0 Å². The van der Waals surface area contributed by atoms with Crippen LogP contribution < -0.4 is 5.32 Å². The van der Waals surface area contributed by atoms with Gasteiger partial charge in [-0.05, 0) is 18.9 Å². The number of amides is 1. The zero-order valence-electron chi connectivity index (χ0n) is 13.1. The van der Waals surface area contributed by atoms with Crippen molar-refractivity contribution >= 4 is 11.9 Å². The minimum Gasteiger partial charge on any atom is -0.481 e. The van der Waals surface area contributed by atoms with Crippen LogP contribution in [0.25, 0.3) is 0 Å². The molecule has 2 rings (SSSR count). The quantitative estimate of drug-likeness (QED) is 0.876. The third kappa shape index (κ3) is 4.97. The van der Waals surface area contributed by atoms with Gasteiger partial charge in [0.25, 0.3) is 0 Å². The summed E-state index contributed by atoms with van der Waals surface area (Å²) in [6.07, 6.45) is 1.11. The van der Waals surface area contributed by atoms with E-state index >= 15 is 0 Å². The smallest absolute Gasteiger partial charge is 0.435 e. The van der Waals surface area contributed by atoms with Gasteiger partial charge in [-0.3, -0.25) is 14.3 Å². The summed E-state index contributed by atoms with van der Waals surface area (Å²) >= 11 is 0. The summed E-state index contributed by atoms with van der Waals surface area (Å²) in [6, 6.07) is 0.288. The summed E-state index contributed by atoms with van der Waals surface area (Å²) < 4.78 is 38.4. The van der Waals surface area contributed by atoms with Gasteiger partial charge < -0.3 is 10.4 Å². The van der Waals surface area contributed by atoms with Gasteiger partial charge in [0.1, 0.15) is 6.54 Å². The third-order valence-corrected chi connectivity index (χ3v) is 4.17. The molecule has 1 aromatic heterocycles. The standard InChI is InChI=1S/C15H20F3N3O3/c16-15(17,18)12-7-8-21(20-12)9-13(22)19-11-6-4-2-1-3-5-10(11)14(23)24/h7-8,10-11H,1-6,9H2,(H,19,22)(H,23,24). The highest BCUT2D eigenvalue weighted by atomic mass is 19.4. The molecular weight excluding hydrogens is 327 g/mol. The van der Waals surface area contributed by atoms with Crippen molar-refractivity contribution in [3.8, 4) is 0 Å². The number of halogens is 3. The van der Waals surface area contributed by atoms with Crippen LogP contribution in [0.1, 0.15) is 44.2 Å². The van der Waals surface area contributed by atoms with Crippen molar-refractivity contribution in [2.75, 3.05) is 0 Å². The molecule has 1 fully saturated rings. The first-order chi connectivity index (χ1) is 11.3. The number of nitrogens with zero attached hydrogens (tertiary/aromatic N) is 2. The second-order valence-corrected chi connectivity index (χ2v) is 6.01. The van der Waals surface area contributed by atoms with Gasteiger partial charge in [0.2, 0.25) is 5.91 Å². The van der Waals surface area contributed by atoms with Crippen molar-refractivity contribution < 1.29 is 27.9 Å². The van der Waals surface area contributed by atoms with Crippen LogP contribution in [0.3, 0.4) is 0 Å². The van der Waals surface area contributed by atoms with E-state index < -0.39 is 35.7 Å². The summed E-state index contributed by atoms with van der Waals surface area (Å²) in [6.45, 7) is -0.376. The maximum absolute atomic E-state index is 12.5. The van der Waals surface area contributed by atoms with E-state index in [1.54, 1.807) is 0 Å². The van der Waals surface area contributed by atoms with Crippen LogP contribution in [0, 0.1) is 5.92 Å². The number of nitrogens with one attached hydrogen (secondary N) is 1. The Morgan fingerprint density at radius 3 is 2.50 bits per heavy atom. The second-order valence-electron chi connectivity index (χ2n) is 6.01. The highest BCUT2D eigenvalue weighted by Crippen LogP contribution is 2.27. The molecule has 2 N–H and O–H groups in total. The van der Waals surface area contributed by atoms with Crippen LogP contribution >= 0.6 is 0 Å². The van der Waals surface area contributed by atoms with Gasteiger partial charge in [-0.15, -0.1) is 0 Å². The highest BCUT2D eigenvalue weighted by molar-refractivity contribution is 5.78. The van der Waals surface area contributed by atoms with Crippen LogP contribution in [-0.2, 0) is 22.3 Å². The van der Waals surface area contributed by atoms with Gasteiger partial charge in [0, 0.05) is 12.2 Å². The number of carboxylic acid groups (broad SMARTS) is 1. The molecule has 0 spiro atoms. The van der Waals surface area contributed by atoms with Crippen molar-refractivity contribution in [2.45, 2.75) is 57.3 Å². The molecule has 1 aliphatic rings. The molecule has 2 unspecified atom stereocenters. The Labute approximate surface area is 137 Å². The number of aromatic nitrogens is 2. The predicted molar refractivity (Wildman–Crippen MR) is 78.0 cm³/mol. The summed E-state index contributed by atoms with van der Waals surface area (Å²) in [5.74, 6) is -2.16. The molecule has 0 aromatic carbocycles. The molecule has 134 valence electrons. The number of hydrogen-bond donors (Lipinski definition) is 2. The Balaban J connectivity index is 1.98. The van der Waals surface area contributed by atoms with Crippen molar-refractivity contribution in [1.82, 2.24) is 15.1 Å². The molecular formula is C15H20F3N3O3. The molecule has 1 heterocycles. The van der Waals surface area contributed by atoms with Gasteiger partial charge in [-0.1, -0.05) is 25.7 Å². The number of hydrogen-bond acceptors (Lipinski definition) is 3. The number of rotatable bonds is 4. The van der Waals surface area contributed by atoms with E-state index in [0.717, 1.165) is 42.6 Å². The lowest BCUT2D eigenvalue weighted by molar-refractivity contribution is -0.144. The molecule has 6 nitrogen and oxygen atoms in total. The summed E-state index contributed by atoms with van der Waals surface area (Å²) in [4.78, 5) is 23.4. The number of carboxylic acids is 1. The minimum atomic E-state index is -4.56. The van der Waals surface area contributed by atoms with E-state index in [2.05, 4.69) is 10.4 Å². The Hall–Kier alpha value is -2.06. The monoisotopic (exact) mass is 347 g/mol. The maximum atomic E-state index is 12.5. The van der Waals surface area contributed by atoms with Gasteiger partial charge in [0.15, 0.2) is 5.69 Å². The Kier molecular flexibility index (Phi) is 5.84. The molecule has 0 saturated heterocycles. The second kappa shape index (κ2) is 7.67. The van der Waals surface area contributed by atoms with E-state index in [-0.39, 0.29) is 6.54 Å². The number of aliphatic carboxylic acids is 1. The van der Waals surface area contributed by atoms with E-state index in [4.69, 9.17) is 0 Å². The van der Waals surface area contributed by atoms with Gasteiger partial charge in [-0.25, -0.2) is 0 Å². The lowest BCUT2D eigenvalue weighted by Crippen LogP contribution is -2.45. The Morgan fingerprint density at radius 2 is 1.92 bits per heavy atom. The minimum absolute atomic E-state index is 0.376. The predicted octanol–water partition coefficient (Wildman–Crippen LogP) is 2.44. The molecule has 2 atom stereocenters. The molecule has 24 heavy (non-hydrogen) atoms. The van der Waals surface area contributed by atoms with E-state index in [1.165, 1.54) is 0 Å². The van der Waals surface area contributed by atoms with E-state index in [9.17, 15) is 27.9 Å². The fraction of sp³-hybridized carbons (Fsp3) is 0.667. The fourth-order valence-corrected chi connectivity index (χ4v) is 2.95. The molecule has 1 aromatic rings. The molecule has 0 radical (unpaired) electrons. The van der Waals surface area contributed by atoms with Crippen LogP contribution in [0.4, 0.5) is 13.2 Å². The molecule has 0 aliphatic heterocycles. The van der Waals surface area contributed by atoms with Crippen LogP contribution in [0.2, 0.25) is 0 Å². The van der Waals surface area contributed by atoms with Gasteiger partial charge in [-0.2, -0.15) is 18.3 Å². The molecule has 1 amide bonds. The zero-order chi connectivity index (χ0) is 17.7. The van der Waals surface area contributed by atoms with Crippen molar-refractivity contribution in [3.05, 3.63) is 18.0 Å². The number of alkyl halides is 3. The van der Waals surface area contributed by atoms with Crippen molar-refractivity contribution in [2.24, 2.45) is 5.92 Å². The van der Waals surface area contributed by atoms with E-state index in [1.807, 2.05) is 0 Å². The molecule has 9 heteroatoms. The van der Waals surface area contributed by atoms with E-state index in [0.29, 0.717) is 12.8 Å². The first-order valence-electron chi connectivity index (χ1n) is 7.90. The average Bonchev–Trinajstić information content (AvgIpc) is 2.90. The molecule has 0 bridgehead atoms. The number of carbonyl (C=O) groups excluding carboxylic acids is 1. The first-order valence-corrected chi connectivity index (χ1v) is 7.90. The average molecular weight is 347 g/mol. The summed E-state index contributed by atoms with van der Waals surface area (Å²) in [5.41, 5.74) is -1.07. The maximum Gasteiger partial charge on any atom is 0.435 e. The summed E-state index contributed by atoms with van der Waals surface area (Å²) in [7, 11) is 0. The third-order valence-electron chi connectivity index (χ3n) is 4.17. The topological polar surface area (TPSA) is 84.2 Å². The Bertz CT molecular complexity index is 586. The fourth-order valence-electron chi connectivity index (χ4n) is 2.95. The SMILES string of the molecule is O=C(Cn1ccc(C(F)(F)F)n1)NC1CCCCCCC1C(=O)O. The van der Waals surface area contributed by atoms with Crippen LogP contribution in [0.5, 0.6) is 0 Å².